The zero-order chi connectivity index (χ0) is 13.3. The number of fused-ring (bicyclic) bond motifs is 1. The van der Waals surface area contributed by atoms with Gasteiger partial charge in [0.2, 0.25) is 5.78 Å². The molecule has 1 unspecified atom stereocenters. The summed E-state index contributed by atoms with van der Waals surface area (Å²) < 4.78 is 0. The SMILES string of the molecule is C=S1CCN(C(=O)C(C)=O)Cc2cc(C)ccc21. The molecule has 0 N–H and O–H groups in total. The van der Waals surface area contributed by atoms with Crippen LogP contribution in [0.5, 0.6) is 0 Å². The molecule has 0 aromatic heterocycles. The maximum absolute atomic E-state index is 11.8. The third-order valence-electron chi connectivity index (χ3n) is 3.08. The Kier molecular flexibility index (Phi) is 3.66. The molecule has 1 amide bonds. The van der Waals surface area contributed by atoms with Crippen LogP contribution < -0.4 is 0 Å². The monoisotopic (exact) mass is 263 g/mol. The van der Waals surface area contributed by atoms with Gasteiger partial charge in [0.15, 0.2) is 0 Å². The normalized spacial score (nSPS) is 19.0. The van der Waals surface area contributed by atoms with Crippen molar-refractivity contribution in [2.75, 3.05) is 12.3 Å². The second-order valence-electron chi connectivity index (χ2n) is 4.59. The number of hydrogen-bond donors (Lipinski definition) is 0. The van der Waals surface area contributed by atoms with Crippen LogP contribution in [-0.2, 0) is 16.1 Å². The van der Waals surface area contributed by atoms with Gasteiger partial charge in [0.05, 0.1) is 0 Å². The van der Waals surface area contributed by atoms with E-state index < -0.39 is 5.78 Å². The summed E-state index contributed by atoms with van der Waals surface area (Å²) in [7, 11) is -0.0964. The number of benzene rings is 1. The van der Waals surface area contributed by atoms with Crippen LogP contribution >= 0.6 is 10.5 Å². The van der Waals surface area contributed by atoms with Gasteiger partial charge in [-0.05, 0) is 18.6 Å². The molecule has 0 saturated carbocycles. The fourth-order valence-electron chi connectivity index (χ4n) is 2.12. The molecule has 1 heterocycles. The molecule has 0 spiro atoms. The Morgan fingerprint density at radius 2 is 2.11 bits per heavy atom. The first kappa shape index (κ1) is 13.0. The minimum atomic E-state index is -0.393. The Balaban J connectivity index is 2.37. The number of rotatable bonds is 1. The van der Waals surface area contributed by atoms with Crippen LogP contribution in [0.4, 0.5) is 0 Å². The number of carbonyl (C=O) groups is 2. The van der Waals surface area contributed by atoms with E-state index in [1.165, 1.54) is 17.4 Å². The highest BCUT2D eigenvalue weighted by Crippen LogP contribution is 2.32. The summed E-state index contributed by atoms with van der Waals surface area (Å²) >= 11 is 0. The molecule has 0 aliphatic carbocycles. The molecule has 0 bridgehead atoms. The largest absolute Gasteiger partial charge is 0.331 e. The van der Waals surface area contributed by atoms with Gasteiger partial charge < -0.3 is 4.90 Å². The molecule has 18 heavy (non-hydrogen) atoms. The average Bonchev–Trinajstić information content (AvgIpc) is 2.47. The minimum absolute atomic E-state index is 0.0964. The third-order valence-corrected chi connectivity index (χ3v) is 4.78. The lowest BCUT2D eigenvalue weighted by atomic mass is 10.1. The van der Waals surface area contributed by atoms with Gasteiger partial charge in [0.1, 0.15) is 0 Å². The van der Waals surface area contributed by atoms with Gasteiger partial charge in [0, 0.05) is 30.7 Å². The van der Waals surface area contributed by atoms with Crippen molar-refractivity contribution in [3.8, 4) is 0 Å². The van der Waals surface area contributed by atoms with E-state index >= 15 is 0 Å². The fourth-order valence-corrected chi connectivity index (χ4v) is 3.54. The van der Waals surface area contributed by atoms with Crippen molar-refractivity contribution in [1.82, 2.24) is 4.90 Å². The number of nitrogens with zero attached hydrogens (tertiary/aromatic N) is 1. The average molecular weight is 263 g/mol. The second kappa shape index (κ2) is 5.06. The molecular weight excluding hydrogens is 246 g/mol. The zero-order valence-corrected chi connectivity index (χ0v) is 11.5. The zero-order valence-electron chi connectivity index (χ0n) is 10.7. The highest BCUT2D eigenvalue weighted by molar-refractivity contribution is 8.14. The Hall–Kier alpha value is -1.42. The van der Waals surface area contributed by atoms with E-state index in [0.29, 0.717) is 13.1 Å². The van der Waals surface area contributed by atoms with Gasteiger partial charge in [-0.2, -0.15) is 10.5 Å². The third kappa shape index (κ3) is 2.53. The molecule has 1 aliphatic rings. The maximum Gasteiger partial charge on any atom is 0.289 e. The molecule has 1 aliphatic heterocycles. The van der Waals surface area contributed by atoms with Crippen LogP contribution in [0, 0.1) is 6.92 Å². The molecule has 4 heteroatoms. The van der Waals surface area contributed by atoms with Gasteiger partial charge in [-0.15, -0.1) is 0 Å². The van der Waals surface area contributed by atoms with Crippen LogP contribution in [0.15, 0.2) is 23.1 Å². The van der Waals surface area contributed by atoms with Crippen LogP contribution in [0.3, 0.4) is 0 Å². The van der Waals surface area contributed by atoms with Crippen molar-refractivity contribution in [2.24, 2.45) is 0 Å². The van der Waals surface area contributed by atoms with Crippen LogP contribution in [-0.4, -0.2) is 34.8 Å². The topological polar surface area (TPSA) is 37.4 Å². The van der Waals surface area contributed by atoms with Crippen molar-refractivity contribution in [3.63, 3.8) is 0 Å². The summed E-state index contributed by atoms with van der Waals surface area (Å²) in [5.41, 5.74) is 2.29. The van der Waals surface area contributed by atoms with E-state index in [2.05, 4.69) is 24.1 Å². The number of aryl methyl sites for hydroxylation is 1. The van der Waals surface area contributed by atoms with Crippen LogP contribution in [0.2, 0.25) is 0 Å². The number of carbonyl (C=O) groups excluding carboxylic acids is 2. The van der Waals surface area contributed by atoms with E-state index in [1.54, 1.807) is 4.90 Å². The van der Waals surface area contributed by atoms with E-state index in [9.17, 15) is 9.59 Å². The van der Waals surface area contributed by atoms with Gasteiger partial charge in [0.25, 0.3) is 5.91 Å². The second-order valence-corrected chi connectivity index (χ2v) is 6.42. The molecule has 0 saturated heterocycles. The van der Waals surface area contributed by atoms with Gasteiger partial charge in [-0.25, -0.2) is 0 Å². The molecule has 1 aromatic carbocycles. The lowest BCUT2D eigenvalue weighted by Crippen LogP contribution is -2.35. The molecule has 0 fully saturated rings. The Morgan fingerprint density at radius 3 is 2.78 bits per heavy atom. The van der Waals surface area contributed by atoms with Crippen molar-refractivity contribution < 1.29 is 9.59 Å². The van der Waals surface area contributed by atoms with Gasteiger partial charge in [-0.3, -0.25) is 9.59 Å². The maximum atomic E-state index is 11.8. The van der Waals surface area contributed by atoms with Crippen LogP contribution in [0.1, 0.15) is 18.1 Å². The number of hydrogen-bond acceptors (Lipinski definition) is 2. The first-order chi connectivity index (χ1) is 8.49. The van der Waals surface area contributed by atoms with Crippen molar-refractivity contribution in [1.29, 1.82) is 0 Å². The van der Waals surface area contributed by atoms with E-state index in [0.717, 1.165) is 11.3 Å². The van der Waals surface area contributed by atoms with Crippen molar-refractivity contribution >= 4 is 28.0 Å². The first-order valence-electron chi connectivity index (χ1n) is 5.89. The summed E-state index contributed by atoms with van der Waals surface area (Å²) in [4.78, 5) is 25.9. The van der Waals surface area contributed by atoms with E-state index in [-0.39, 0.29) is 16.4 Å². The standard InChI is InChI=1S/C14H17NO2S/c1-10-4-5-13-12(8-10)9-15(6-7-18(13)3)14(17)11(2)16/h4-5,8H,3,6-7,9H2,1-2H3. The molecule has 2 rings (SSSR count). The summed E-state index contributed by atoms with van der Waals surface area (Å²) in [6, 6.07) is 6.27. The van der Waals surface area contributed by atoms with Crippen molar-refractivity contribution in [3.05, 3.63) is 29.3 Å². The molecule has 1 aromatic rings. The lowest BCUT2D eigenvalue weighted by Gasteiger charge is -2.19. The summed E-state index contributed by atoms with van der Waals surface area (Å²) in [6.07, 6.45) is 0. The Labute approximate surface area is 110 Å². The summed E-state index contributed by atoms with van der Waals surface area (Å²) in [5.74, 6) is 4.22. The van der Waals surface area contributed by atoms with Gasteiger partial charge >= 0.3 is 0 Å². The highest BCUT2D eigenvalue weighted by Gasteiger charge is 2.22. The summed E-state index contributed by atoms with van der Waals surface area (Å²) in [6.45, 7) is 4.49. The Morgan fingerprint density at radius 1 is 1.39 bits per heavy atom. The predicted molar refractivity (Wildman–Crippen MR) is 75.1 cm³/mol. The van der Waals surface area contributed by atoms with Crippen LogP contribution in [0.25, 0.3) is 0 Å². The molecule has 3 nitrogen and oxygen atoms in total. The fraction of sp³-hybridized carbons (Fsp3) is 0.357. The number of ketones is 1. The quantitative estimate of drug-likeness (QED) is 0.574. The first-order valence-corrected chi connectivity index (χ1v) is 7.45. The van der Waals surface area contributed by atoms with Crippen molar-refractivity contribution in [2.45, 2.75) is 25.3 Å². The minimum Gasteiger partial charge on any atom is -0.331 e. The molecule has 0 radical (unpaired) electrons. The number of Topliss-reactive ketones (excluding diaryl/α,β-unsaturated/α-hetero) is 1. The highest BCUT2D eigenvalue weighted by atomic mass is 32.2. The lowest BCUT2D eigenvalue weighted by molar-refractivity contribution is -0.143. The molecule has 96 valence electrons. The van der Waals surface area contributed by atoms with Gasteiger partial charge in [-0.1, -0.05) is 23.6 Å². The summed E-state index contributed by atoms with van der Waals surface area (Å²) in [5, 5.41) is 0. The Bertz CT molecular complexity index is 537. The van der Waals surface area contributed by atoms with E-state index in [4.69, 9.17) is 0 Å². The number of amides is 1. The molecule has 1 atom stereocenters. The van der Waals surface area contributed by atoms with E-state index in [1.807, 2.05) is 6.92 Å². The molecular formula is C14H17NO2S. The smallest absolute Gasteiger partial charge is 0.289 e. The predicted octanol–water partition coefficient (Wildman–Crippen LogP) is 1.99.